The van der Waals surface area contributed by atoms with Gasteiger partial charge in [-0.2, -0.15) is 0 Å². The van der Waals surface area contributed by atoms with Crippen LogP contribution in [0.1, 0.15) is 38.4 Å². The number of aryl methyl sites for hydroxylation is 1. The summed E-state index contributed by atoms with van der Waals surface area (Å²) in [5.41, 5.74) is 0.924. The topological polar surface area (TPSA) is 75.9 Å². The molecule has 7 heteroatoms. The number of nitrogens with one attached hydrogen (secondary N) is 1. The van der Waals surface area contributed by atoms with Crippen molar-refractivity contribution in [3.05, 3.63) is 35.9 Å². The molecule has 0 saturated heterocycles. The Morgan fingerprint density at radius 2 is 2.04 bits per heavy atom. The maximum Gasteiger partial charge on any atom is 0.209 e. The lowest BCUT2D eigenvalue weighted by Gasteiger charge is -2.12. The number of halogens is 1. The van der Waals surface area contributed by atoms with Crippen LogP contribution in [0, 0.1) is 17.7 Å². The van der Waals surface area contributed by atoms with E-state index in [0.717, 1.165) is 12.8 Å². The van der Waals surface area contributed by atoms with E-state index in [1.807, 2.05) is 18.5 Å². The first kappa shape index (κ1) is 18.4. The molecular weight excluding hydrogens is 357 g/mol. The first-order valence-electron chi connectivity index (χ1n) is 9.49. The molecule has 0 unspecified atom stereocenters. The molecule has 1 aliphatic carbocycles. The van der Waals surface area contributed by atoms with Gasteiger partial charge in [-0.3, -0.25) is 0 Å². The van der Waals surface area contributed by atoms with Gasteiger partial charge >= 0.3 is 0 Å². The van der Waals surface area contributed by atoms with Gasteiger partial charge < -0.3 is 15.0 Å². The second kappa shape index (κ2) is 7.21. The fourth-order valence-corrected chi connectivity index (χ4v) is 3.55. The first-order chi connectivity index (χ1) is 13.5. The van der Waals surface area contributed by atoms with Crippen LogP contribution in [0.3, 0.4) is 0 Å². The third kappa shape index (κ3) is 3.43. The highest BCUT2D eigenvalue weighted by atomic mass is 19.1. The zero-order chi connectivity index (χ0) is 19.7. The minimum atomic E-state index is -0.949. The molecule has 0 radical (unpaired) electrons. The fourth-order valence-electron chi connectivity index (χ4n) is 3.55. The highest BCUT2D eigenvalue weighted by Crippen LogP contribution is 2.29. The molecule has 6 nitrogen and oxygen atoms in total. The first-order valence-corrected chi connectivity index (χ1v) is 9.49. The van der Waals surface area contributed by atoms with Gasteiger partial charge in [-0.25, -0.2) is 19.3 Å². The minimum Gasteiger partial charge on any atom is -0.378 e. The number of fused-ring (bicyclic) bond motifs is 1. The summed E-state index contributed by atoms with van der Waals surface area (Å²) in [7, 11) is 1.83. The number of hydrogen-bond acceptors (Lipinski definition) is 5. The Balaban J connectivity index is 1.84. The summed E-state index contributed by atoms with van der Waals surface area (Å²) in [6.45, 7) is 2.63. The molecule has 4 rings (SSSR count). The molecule has 144 valence electrons. The summed E-state index contributed by atoms with van der Waals surface area (Å²) in [6, 6.07) is 6.30. The van der Waals surface area contributed by atoms with E-state index in [9.17, 15) is 9.50 Å². The van der Waals surface area contributed by atoms with Gasteiger partial charge in [0.1, 0.15) is 17.2 Å². The number of hydrogen-bond donors (Lipinski definition) is 2. The van der Waals surface area contributed by atoms with Crippen molar-refractivity contribution in [2.24, 2.45) is 7.05 Å². The number of aliphatic hydroxyl groups is 1. The fraction of sp³-hybridized carbons (Fsp3) is 0.381. The zero-order valence-corrected chi connectivity index (χ0v) is 16.0. The van der Waals surface area contributed by atoms with E-state index in [4.69, 9.17) is 0 Å². The number of aromatic nitrogens is 4. The molecule has 1 saturated carbocycles. The second-order valence-electron chi connectivity index (χ2n) is 7.09. The summed E-state index contributed by atoms with van der Waals surface area (Å²) in [5, 5.41) is 13.7. The largest absolute Gasteiger partial charge is 0.378 e. The monoisotopic (exact) mass is 379 g/mol. The second-order valence-corrected chi connectivity index (χ2v) is 7.09. The third-order valence-corrected chi connectivity index (χ3v) is 4.98. The molecule has 2 N–H and O–H groups in total. The van der Waals surface area contributed by atoms with Gasteiger partial charge in [0.2, 0.25) is 5.82 Å². The summed E-state index contributed by atoms with van der Waals surface area (Å²) in [4.78, 5) is 13.7. The van der Waals surface area contributed by atoms with Crippen molar-refractivity contribution in [1.82, 2.24) is 19.5 Å². The van der Waals surface area contributed by atoms with Crippen LogP contribution in [0.4, 0.5) is 10.2 Å². The van der Waals surface area contributed by atoms with Gasteiger partial charge in [0.15, 0.2) is 17.0 Å². The molecule has 1 aromatic carbocycles. The lowest BCUT2D eigenvalue weighted by atomic mass is 10.0. The Morgan fingerprint density at radius 3 is 2.75 bits per heavy atom. The molecule has 0 aliphatic heterocycles. The standard InChI is InChI=1S/C21H22FN5O/c1-3-23-18-17-20(25-16(24-18)9-12-21(28)10-4-5-11-21)27(2)19(26-17)14-7-6-8-15(22)13-14/h6-8,13,28H,3-5,10-11H2,1-2H3,(H,23,24,25). The number of imidazole rings is 1. The summed E-state index contributed by atoms with van der Waals surface area (Å²) < 4.78 is 15.5. The van der Waals surface area contributed by atoms with E-state index in [0.29, 0.717) is 53.6 Å². The Morgan fingerprint density at radius 1 is 1.25 bits per heavy atom. The summed E-state index contributed by atoms with van der Waals surface area (Å²) in [5.74, 6) is 7.07. The average molecular weight is 379 g/mol. The number of nitrogens with zero attached hydrogens (tertiary/aromatic N) is 4. The van der Waals surface area contributed by atoms with Crippen LogP contribution in [-0.2, 0) is 7.05 Å². The third-order valence-electron chi connectivity index (χ3n) is 4.98. The van der Waals surface area contributed by atoms with Gasteiger partial charge in [0, 0.05) is 19.2 Å². The van der Waals surface area contributed by atoms with Crippen LogP contribution in [0.2, 0.25) is 0 Å². The smallest absolute Gasteiger partial charge is 0.209 e. The molecule has 0 amide bonds. The zero-order valence-electron chi connectivity index (χ0n) is 16.0. The molecule has 2 heterocycles. The molecule has 1 aliphatic rings. The Hall–Kier alpha value is -2.98. The lowest BCUT2D eigenvalue weighted by Crippen LogP contribution is -2.21. The van der Waals surface area contributed by atoms with E-state index < -0.39 is 5.60 Å². The predicted molar refractivity (Wildman–Crippen MR) is 106 cm³/mol. The number of benzene rings is 1. The van der Waals surface area contributed by atoms with E-state index in [1.54, 1.807) is 12.1 Å². The maximum atomic E-state index is 13.7. The summed E-state index contributed by atoms with van der Waals surface area (Å²) in [6.07, 6.45) is 3.31. The van der Waals surface area contributed by atoms with Crippen molar-refractivity contribution in [2.75, 3.05) is 11.9 Å². The maximum absolute atomic E-state index is 13.7. The van der Waals surface area contributed by atoms with Crippen LogP contribution in [0.25, 0.3) is 22.6 Å². The van der Waals surface area contributed by atoms with Crippen molar-refractivity contribution in [3.63, 3.8) is 0 Å². The van der Waals surface area contributed by atoms with Crippen LogP contribution >= 0.6 is 0 Å². The molecule has 1 fully saturated rings. The van der Waals surface area contributed by atoms with E-state index in [2.05, 4.69) is 32.1 Å². The SMILES string of the molecule is CCNc1nc(C#CC2(O)CCCC2)nc2c1nc(-c1cccc(F)c1)n2C. The molecule has 2 aromatic heterocycles. The quantitative estimate of drug-likeness (QED) is 0.683. The Labute approximate surface area is 162 Å². The van der Waals surface area contributed by atoms with Crippen molar-refractivity contribution < 1.29 is 9.50 Å². The van der Waals surface area contributed by atoms with Gasteiger partial charge in [-0.15, -0.1) is 0 Å². The molecular formula is C21H22FN5O. The number of rotatable bonds is 3. The minimum absolute atomic E-state index is 0.320. The Bertz CT molecular complexity index is 1090. The van der Waals surface area contributed by atoms with Crippen LogP contribution < -0.4 is 5.32 Å². The van der Waals surface area contributed by atoms with Gasteiger partial charge in [0.05, 0.1) is 0 Å². The normalized spacial score (nSPS) is 15.4. The highest BCUT2D eigenvalue weighted by molar-refractivity contribution is 5.86. The van der Waals surface area contributed by atoms with E-state index in [-0.39, 0.29) is 5.82 Å². The van der Waals surface area contributed by atoms with Crippen molar-refractivity contribution >= 4 is 17.0 Å². The van der Waals surface area contributed by atoms with E-state index >= 15 is 0 Å². The Kier molecular flexibility index (Phi) is 4.73. The van der Waals surface area contributed by atoms with E-state index in [1.165, 1.54) is 12.1 Å². The summed E-state index contributed by atoms with van der Waals surface area (Å²) >= 11 is 0. The molecule has 0 bridgehead atoms. The highest BCUT2D eigenvalue weighted by Gasteiger charge is 2.28. The van der Waals surface area contributed by atoms with Crippen LogP contribution in [0.5, 0.6) is 0 Å². The lowest BCUT2D eigenvalue weighted by molar-refractivity contribution is 0.110. The van der Waals surface area contributed by atoms with Crippen molar-refractivity contribution in [2.45, 2.75) is 38.2 Å². The van der Waals surface area contributed by atoms with Crippen molar-refractivity contribution in [1.29, 1.82) is 0 Å². The molecule has 0 atom stereocenters. The molecule has 0 spiro atoms. The molecule has 3 aromatic rings. The van der Waals surface area contributed by atoms with Crippen LogP contribution in [0.15, 0.2) is 24.3 Å². The van der Waals surface area contributed by atoms with Crippen LogP contribution in [-0.4, -0.2) is 36.8 Å². The average Bonchev–Trinajstić information content (AvgIpc) is 3.25. The van der Waals surface area contributed by atoms with Gasteiger partial charge in [-0.05, 0) is 50.7 Å². The van der Waals surface area contributed by atoms with Gasteiger partial charge in [-0.1, -0.05) is 18.1 Å². The molecule has 28 heavy (non-hydrogen) atoms. The number of anilines is 1. The van der Waals surface area contributed by atoms with Gasteiger partial charge in [0.25, 0.3) is 0 Å². The predicted octanol–water partition coefficient (Wildman–Crippen LogP) is 3.26. The van der Waals surface area contributed by atoms with Crippen molar-refractivity contribution in [3.8, 4) is 23.2 Å².